The molecule has 3 atom stereocenters. The van der Waals surface area contributed by atoms with Crippen LogP contribution >= 0.6 is 0 Å². The number of hydrogen-bond acceptors (Lipinski definition) is 3. The van der Waals surface area contributed by atoms with Crippen molar-refractivity contribution in [1.82, 2.24) is 4.90 Å². The first-order valence-corrected chi connectivity index (χ1v) is 6.96. The van der Waals surface area contributed by atoms with Gasteiger partial charge >= 0.3 is 0 Å². The predicted molar refractivity (Wildman–Crippen MR) is 72.9 cm³/mol. The second-order valence-electron chi connectivity index (χ2n) is 5.58. The van der Waals surface area contributed by atoms with Gasteiger partial charge in [0.05, 0.1) is 0 Å². The van der Waals surface area contributed by atoms with Gasteiger partial charge in [0.25, 0.3) is 5.91 Å². The quantitative estimate of drug-likeness (QED) is 0.828. The number of nitrogens with zero attached hydrogens (tertiary/aromatic N) is 1. The number of carbonyl (C=O) groups excluding carboxylic acids is 1. The number of ether oxygens (including phenoxy) is 1. The van der Waals surface area contributed by atoms with E-state index in [-0.39, 0.29) is 24.1 Å². The minimum absolute atomic E-state index is 0.107. The summed E-state index contributed by atoms with van der Waals surface area (Å²) >= 11 is 0. The first kappa shape index (κ1) is 12.5. The highest BCUT2D eigenvalue weighted by Crippen LogP contribution is 2.30. The highest BCUT2D eigenvalue weighted by molar-refractivity contribution is 5.83. The molecule has 1 aromatic carbocycles. The van der Waals surface area contributed by atoms with Crippen LogP contribution < -0.4 is 10.5 Å². The summed E-state index contributed by atoms with van der Waals surface area (Å²) in [7, 11) is 0. The van der Waals surface area contributed by atoms with Crippen molar-refractivity contribution >= 4 is 5.91 Å². The Kier molecular flexibility index (Phi) is 3.19. The van der Waals surface area contributed by atoms with Crippen LogP contribution in [0.4, 0.5) is 0 Å². The Hall–Kier alpha value is -1.55. The Morgan fingerprint density at radius 1 is 1.42 bits per heavy atom. The van der Waals surface area contributed by atoms with Crippen LogP contribution in [-0.4, -0.2) is 35.5 Å². The molecule has 2 aliphatic rings. The van der Waals surface area contributed by atoms with Crippen LogP contribution in [0.15, 0.2) is 24.3 Å². The number of likely N-dealkylation sites (tertiary alicyclic amines) is 1. The standard InChI is InChI=1S/C15H20N2O2/c1-10-8-12(16)6-7-17(10)15(18)14-9-11-4-2-3-5-13(11)19-14/h2-5,10,12,14H,6-9,16H2,1H3. The topological polar surface area (TPSA) is 55.6 Å². The van der Waals surface area contributed by atoms with E-state index in [0.29, 0.717) is 6.42 Å². The molecule has 4 heteroatoms. The number of piperidine rings is 1. The summed E-state index contributed by atoms with van der Waals surface area (Å²) in [6.45, 7) is 2.82. The maximum absolute atomic E-state index is 12.5. The highest BCUT2D eigenvalue weighted by atomic mass is 16.5. The molecule has 2 heterocycles. The number of nitrogens with two attached hydrogens (primary N) is 1. The molecule has 4 nitrogen and oxygen atoms in total. The summed E-state index contributed by atoms with van der Waals surface area (Å²) in [4.78, 5) is 14.5. The normalized spacial score (nSPS) is 29.8. The monoisotopic (exact) mass is 260 g/mol. The average Bonchev–Trinajstić information content (AvgIpc) is 2.81. The van der Waals surface area contributed by atoms with Gasteiger partial charge in [-0.1, -0.05) is 18.2 Å². The SMILES string of the molecule is CC1CC(N)CCN1C(=O)C1Cc2ccccc2O1. The lowest BCUT2D eigenvalue weighted by molar-refractivity contribution is -0.141. The first-order valence-electron chi connectivity index (χ1n) is 6.96. The van der Waals surface area contributed by atoms with Crippen LogP contribution in [0.25, 0.3) is 0 Å². The average molecular weight is 260 g/mol. The van der Waals surface area contributed by atoms with E-state index in [1.54, 1.807) is 0 Å². The van der Waals surface area contributed by atoms with Crippen LogP contribution in [0.5, 0.6) is 5.75 Å². The predicted octanol–water partition coefficient (Wildman–Crippen LogP) is 1.33. The first-order chi connectivity index (χ1) is 9.15. The fraction of sp³-hybridized carbons (Fsp3) is 0.533. The zero-order valence-corrected chi connectivity index (χ0v) is 11.2. The van der Waals surface area contributed by atoms with E-state index in [1.165, 1.54) is 0 Å². The van der Waals surface area contributed by atoms with Crippen molar-refractivity contribution in [3.05, 3.63) is 29.8 Å². The van der Waals surface area contributed by atoms with Crippen molar-refractivity contribution in [2.45, 2.75) is 44.4 Å². The van der Waals surface area contributed by atoms with Gasteiger partial charge in [0.2, 0.25) is 0 Å². The minimum Gasteiger partial charge on any atom is -0.480 e. The van der Waals surface area contributed by atoms with Crippen molar-refractivity contribution in [1.29, 1.82) is 0 Å². The molecular weight excluding hydrogens is 240 g/mol. The summed E-state index contributed by atoms with van der Waals surface area (Å²) in [6.07, 6.45) is 2.10. The van der Waals surface area contributed by atoms with Crippen molar-refractivity contribution in [2.75, 3.05) is 6.54 Å². The van der Waals surface area contributed by atoms with Gasteiger partial charge in [0.15, 0.2) is 6.10 Å². The van der Waals surface area contributed by atoms with Gasteiger partial charge in [0.1, 0.15) is 5.75 Å². The van der Waals surface area contributed by atoms with Gasteiger partial charge in [-0.05, 0) is 31.4 Å². The largest absolute Gasteiger partial charge is 0.480 e. The lowest BCUT2D eigenvalue weighted by Crippen LogP contribution is -2.52. The molecule has 102 valence electrons. The molecule has 19 heavy (non-hydrogen) atoms. The van der Waals surface area contributed by atoms with Crippen LogP contribution in [0.3, 0.4) is 0 Å². The molecule has 0 radical (unpaired) electrons. The number of rotatable bonds is 1. The Balaban J connectivity index is 1.70. The van der Waals surface area contributed by atoms with Gasteiger partial charge in [-0.2, -0.15) is 0 Å². The molecule has 2 aliphatic heterocycles. The summed E-state index contributed by atoms with van der Waals surface area (Å²) in [5.41, 5.74) is 7.07. The fourth-order valence-electron chi connectivity index (χ4n) is 3.04. The Bertz CT molecular complexity index is 464. The molecule has 2 N–H and O–H groups in total. The molecule has 1 saturated heterocycles. The maximum atomic E-state index is 12.5. The number of para-hydroxylation sites is 1. The molecule has 1 amide bonds. The lowest BCUT2D eigenvalue weighted by atomic mass is 9.98. The summed E-state index contributed by atoms with van der Waals surface area (Å²) < 4.78 is 5.77. The third-order valence-electron chi connectivity index (χ3n) is 4.12. The van der Waals surface area contributed by atoms with Crippen LogP contribution in [0, 0.1) is 0 Å². The molecule has 3 unspecified atom stereocenters. The zero-order valence-electron chi connectivity index (χ0n) is 11.2. The molecule has 1 aromatic rings. The van der Waals surface area contributed by atoms with E-state index in [9.17, 15) is 4.79 Å². The molecule has 0 bridgehead atoms. The Labute approximate surface area is 113 Å². The number of hydrogen-bond donors (Lipinski definition) is 1. The molecular formula is C15H20N2O2. The number of carbonyl (C=O) groups is 1. The van der Waals surface area contributed by atoms with E-state index >= 15 is 0 Å². The number of fused-ring (bicyclic) bond motifs is 1. The molecule has 0 aliphatic carbocycles. The molecule has 0 saturated carbocycles. The molecule has 0 aromatic heterocycles. The van der Waals surface area contributed by atoms with E-state index in [2.05, 4.69) is 6.92 Å². The van der Waals surface area contributed by atoms with E-state index in [0.717, 1.165) is 30.7 Å². The summed E-state index contributed by atoms with van der Waals surface area (Å²) in [5, 5.41) is 0. The van der Waals surface area contributed by atoms with Gasteiger partial charge in [0, 0.05) is 25.0 Å². The third kappa shape index (κ3) is 2.32. The fourth-order valence-corrected chi connectivity index (χ4v) is 3.04. The minimum atomic E-state index is -0.353. The number of benzene rings is 1. The highest BCUT2D eigenvalue weighted by Gasteiger charge is 2.36. The van der Waals surface area contributed by atoms with Gasteiger partial charge in [-0.25, -0.2) is 0 Å². The summed E-state index contributed by atoms with van der Waals surface area (Å²) in [6, 6.07) is 8.31. The van der Waals surface area contributed by atoms with E-state index in [4.69, 9.17) is 10.5 Å². The molecule has 1 fully saturated rings. The van der Waals surface area contributed by atoms with Crippen molar-refractivity contribution < 1.29 is 9.53 Å². The van der Waals surface area contributed by atoms with Crippen molar-refractivity contribution in [2.24, 2.45) is 5.73 Å². The van der Waals surface area contributed by atoms with E-state index in [1.807, 2.05) is 29.2 Å². The second kappa shape index (κ2) is 4.85. The maximum Gasteiger partial charge on any atom is 0.264 e. The van der Waals surface area contributed by atoms with Crippen molar-refractivity contribution in [3.8, 4) is 5.75 Å². The zero-order chi connectivity index (χ0) is 13.4. The Morgan fingerprint density at radius 3 is 2.95 bits per heavy atom. The van der Waals surface area contributed by atoms with E-state index < -0.39 is 0 Å². The third-order valence-corrected chi connectivity index (χ3v) is 4.12. The number of amides is 1. The van der Waals surface area contributed by atoms with Crippen molar-refractivity contribution in [3.63, 3.8) is 0 Å². The van der Waals surface area contributed by atoms with Gasteiger partial charge in [-0.15, -0.1) is 0 Å². The Morgan fingerprint density at radius 2 is 2.21 bits per heavy atom. The van der Waals surface area contributed by atoms with Crippen LogP contribution in [-0.2, 0) is 11.2 Å². The van der Waals surface area contributed by atoms with Crippen LogP contribution in [0.1, 0.15) is 25.3 Å². The van der Waals surface area contributed by atoms with Crippen LogP contribution in [0.2, 0.25) is 0 Å². The lowest BCUT2D eigenvalue weighted by Gasteiger charge is -2.37. The van der Waals surface area contributed by atoms with Gasteiger partial charge < -0.3 is 15.4 Å². The molecule has 0 spiro atoms. The second-order valence-corrected chi connectivity index (χ2v) is 5.58. The molecule has 3 rings (SSSR count). The summed E-state index contributed by atoms with van der Waals surface area (Å²) in [5.74, 6) is 0.956. The van der Waals surface area contributed by atoms with Gasteiger partial charge in [-0.3, -0.25) is 4.79 Å². The smallest absolute Gasteiger partial charge is 0.264 e.